The number of nitro groups is 1. The lowest BCUT2D eigenvalue weighted by Gasteiger charge is -2.16. The minimum Gasteiger partial charge on any atom is -0.365 e. The number of aryl methyl sites for hydroxylation is 1. The Morgan fingerprint density at radius 2 is 2.22 bits per heavy atom. The predicted octanol–water partition coefficient (Wildman–Crippen LogP) is 2.33. The van der Waals surface area contributed by atoms with Gasteiger partial charge in [-0.05, 0) is 36.1 Å². The molecule has 0 spiro atoms. The van der Waals surface area contributed by atoms with Crippen molar-refractivity contribution in [3.05, 3.63) is 63.1 Å². The number of aromatic nitrogens is 1. The Kier molecular flexibility index (Phi) is 3.65. The molecule has 0 fully saturated rings. The zero-order valence-corrected chi connectivity index (χ0v) is 12.0. The van der Waals surface area contributed by atoms with Crippen LogP contribution in [0.1, 0.15) is 33.9 Å². The first-order valence-electron chi connectivity index (χ1n) is 6.95. The van der Waals surface area contributed by atoms with Crippen molar-refractivity contribution >= 4 is 17.4 Å². The lowest BCUT2D eigenvalue weighted by Crippen LogP contribution is -2.18. The maximum atomic E-state index is 13.4. The fourth-order valence-electron chi connectivity index (χ4n) is 2.74. The highest BCUT2D eigenvalue weighted by atomic mass is 19.1. The molecule has 1 aromatic heterocycles. The van der Waals surface area contributed by atoms with Crippen LogP contribution >= 0.6 is 0 Å². The zero-order chi connectivity index (χ0) is 16.6. The third-order valence-electron chi connectivity index (χ3n) is 3.85. The number of pyridine rings is 1. The minimum absolute atomic E-state index is 0.0657. The average molecular weight is 316 g/mol. The summed E-state index contributed by atoms with van der Waals surface area (Å²) in [6, 6.07) is 5.42. The highest BCUT2D eigenvalue weighted by molar-refractivity contribution is 5.98. The van der Waals surface area contributed by atoms with Gasteiger partial charge in [0.1, 0.15) is 17.8 Å². The number of carbonyl (C=O) groups excluding carboxylic acids is 1. The van der Waals surface area contributed by atoms with Crippen LogP contribution < -0.4 is 11.1 Å². The fraction of sp³-hybridized carbons (Fsp3) is 0.200. The quantitative estimate of drug-likeness (QED) is 0.664. The molecule has 1 amide bonds. The van der Waals surface area contributed by atoms with Gasteiger partial charge in [-0.25, -0.2) is 9.37 Å². The number of hydrogen-bond donors (Lipinski definition) is 2. The Morgan fingerprint density at radius 3 is 2.91 bits per heavy atom. The molecule has 7 nitrogen and oxygen atoms in total. The van der Waals surface area contributed by atoms with Crippen molar-refractivity contribution in [1.29, 1.82) is 0 Å². The van der Waals surface area contributed by atoms with Gasteiger partial charge in [0.05, 0.1) is 16.5 Å². The Labute approximate surface area is 130 Å². The molecule has 1 atom stereocenters. The molecule has 1 aliphatic rings. The van der Waals surface area contributed by atoms with Gasteiger partial charge in [-0.15, -0.1) is 0 Å². The molecule has 3 rings (SSSR count). The third-order valence-corrected chi connectivity index (χ3v) is 3.85. The second-order valence-electron chi connectivity index (χ2n) is 5.29. The summed E-state index contributed by atoms with van der Waals surface area (Å²) in [7, 11) is 0. The first-order chi connectivity index (χ1) is 11.0. The molecular formula is C15H13FN4O3. The Hall–Kier alpha value is -3.03. The van der Waals surface area contributed by atoms with Crippen LogP contribution in [-0.2, 0) is 6.42 Å². The van der Waals surface area contributed by atoms with Gasteiger partial charge in [-0.1, -0.05) is 6.07 Å². The molecule has 118 valence electrons. The standard InChI is InChI=1S/C15H13FN4O3/c16-9-3-1-8-2-4-13(11(8)5-9)19-15-12(14(17)21)6-10(7-18-15)20(22)23/h1,3,5-7,13H,2,4H2,(H2,17,21)(H,18,19). The van der Waals surface area contributed by atoms with Gasteiger partial charge >= 0.3 is 0 Å². The molecule has 0 aliphatic heterocycles. The monoisotopic (exact) mass is 316 g/mol. The number of hydrogen-bond acceptors (Lipinski definition) is 5. The normalized spacial score (nSPS) is 16.0. The van der Waals surface area contributed by atoms with Gasteiger partial charge in [-0.2, -0.15) is 0 Å². The number of anilines is 1. The molecule has 23 heavy (non-hydrogen) atoms. The van der Waals surface area contributed by atoms with E-state index in [1.165, 1.54) is 12.1 Å². The summed E-state index contributed by atoms with van der Waals surface area (Å²) in [6.45, 7) is 0. The molecule has 1 heterocycles. The largest absolute Gasteiger partial charge is 0.365 e. The summed E-state index contributed by atoms with van der Waals surface area (Å²) in [5.41, 5.74) is 6.70. The second kappa shape index (κ2) is 5.64. The van der Waals surface area contributed by atoms with Crippen molar-refractivity contribution in [2.75, 3.05) is 5.32 Å². The van der Waals surface area contributed by atoms with Crippen molar-refractivity contribution in [1.82, 2.24) is 4.98 Å². The lowest BCUT2D eigenvalue weighted by molar-refractivity contribution is -0.385. The van der Waals surface area contributed by atoms with Crippen molar-refractivity contribution in [2.45, 2.75) is 18.9 Å². The van der Waals surface area contributed by atoms with Crippen LogP contribution in [0.15, 0.2) is 30.5 Å². The van der Waals surface area contributed by atoms with Gasteiger partial charge in [-0.3, -0.25) is 14.9 Å². The van der Waals surface area contributed by atoms with Crippen LogP contribution in [0.4, 0.5) is 15.9 Å². The molecule has 1 aromatic carbocycles. The number of amides is 1. The lowest BCUT2D eigenvalue weighted by atomic mass is 10.1. The minimum atomic E-state index is -0.818. The second-order valence-corrected chi connectivity index (χ2v) is 5.29. The Morgan fingerprint density at radius 1 is 1.43 bits per heavy atom. The smallest absolute Gasteiger partial charge is 0.288 e. The highest BCUT2D eigenvalue weighted by Gasteiger charge is 2.25. The number of halogens is 1. The molecule has 1 unspecified atom stereocenters. The molecule has 3 N–H and O–H groups in total. The highest BCUT2D eigenvalue weighted by Crippen LogP contribution is 2.34. The topological polar surface area (TPSA) is 111 Å². The van der Waals surface area contributed by atoms with E-state index < -0.39 is 10.8 Å². The van der Waals surface area contributed by atoms with Crippen LogP contribution in [0.5, 0.6) is 0 Å². The van der Waals surface area contributed by atoms with Crippen molar-refractivity contribution in [2.24, 2.45) is 5.73 Å². The fourth-order valence-corrected chi connectivity index (χ4v) is 2.74. The summed E-state index contributed by atoms with van der Waals surface area (Å²) in [5.74, 6) is -1.00. The van der Waals surface area contributed by atoms with Crippen LogP contribution in [0, 0.1) is 15.9 Å². The number of fused-ring (bicyclic) bond motifs is 1. The SMILES string of the molecule is NC(=O)c1cc([N+](=O)[O-])cnc1NC1CCc2ccc(F)cc21. The Bertz CT molecular complexity index is 809. The van der Waals surface area contributed by atoms with Crippen molar-refractivity contribution in [3.63, 3.8) is 0 Å². The van der Waals surface area contributed by atoms with E-state index in [0.29, 0.717) is 6.42 Å². The molecule has 0 radical (unpaired) electrons. The van der Waals surface area contributed by atoms with E-state index in [1.807, 2.05) is 0 Å². The average Bonchev–Trinajstić information content (AvgIpc) is 2.89. The van der Waals surface area contributed by atoms with Gasteiger partial charge < -0.3 is 11.1 Å². The number of carbonyl (C=O) groups is 1. The molecule has 0 saturated carbocycles. The molecule has 0 saturated heterocycles. The van der Waals surface area contributed by atoms with Crippen molar-refractivity contribution in [3.8, 4) is 0 Å². The predicted molar refractivity (Wildman–Crippen MR) is 80.5 cm³/mol. The Balaban J connectivity index is 1.94. The summed E-state index contributed by atoms with van der Waals surface area (Å²) in [6.07, 6.45) is 2.53. The maximum Gasteiger partial charge on any atom is 0.288 e. The molecule has 1 aliphatic carbocycles. The van der Waals surface area contributed by atoms with Gasteiger partial charge in [0.25, 0.3) is 11.6 Å². The van der Waals surface area contributed by atoms with E-state index in [4.69, 9.17) is 5.73 Å². The number of rotatable bonds is 4. The summed E-state index contributed by atoms with van der Waals surface area (Å²) in [4.78, 5) is 25.6. The van der Waals surface area contributed by atoms with Crippen LogP contribution in [0.2, 0.25) is 0 Å². The van der Waals surface area contributed by atoms with Gasteiger partial charge in [0.2, 0.25) is 0 Å². The first kappa shape index (κ1) is 14.9. The van der Waals surface area contributed by atoms with E-state index in [1.54, 1.807) is 6.07 Å². The zero-order valence-electron chi connectivity index (χ0n) is 12.0. The summed E-state index contributed by atoms with van der Waals surface area (Å²) in [5, 5.41) is 13.8. The maximum absolute atomic E-state index is 13.4. The number of nitrogens with two attached hydrogens (primary N) is 1. The van der Waals surface area contributed by atoms with Crippen molar-refractivity contribution < 1.29 is 14.1 Å². The van der Waals surface area contributed by atoms with Gasteiger partial charge in [0, 0.05) is 6.07 Å². The molecule has 0 bridgehead atoms. The third kappa shape index (κ3) is 2.83. The first-order valence-corrected chi connectivity index (χ1v) is 6.95. The van der Waals surface area contributed by atoms with E-state index >= 15 is 0 Å². The number of nitrogens with one attached hydrogen (secondary N) is 1. The van der Waals surface area contributed by atoms with E-state index in [9.17, 15) is 19.3 Å². The molecule has 2 aromatic rings. The summed E-state index contributed by atoms with van der Waals surface area (Å²) >= 11 is 0. The molecular weight excluding hydrogens is 303 g/mol. The van der Waals surface area contributed by atoms with Crippen LogP contribution in [-0.4, -0.2) is 15.8 Å². The number of benzene rings is 1. The van der Waals surface area contributed by atoms with Crippen LogP contribution in [0.3, 0.4) is 0 Å². The number of primary amides is 1. The molecule has 8 heteroatoms. The summed E-state index contributed by atoms with van der Waals surface area (Å²) < 4.78 is 13.4. The van der Waals surface area contributed by atoms with Gasteiger partial charge in [0.15, 0.2) is 0 Å². The van der Waals surface area contributed by atoms with E-state index in [-0.39, 0.29) is 28.9 Å². The van der Waals surface area contributed by atoms with E-state index in [0.717, 1.165) is 29.8 Å². The number of nitrogens with zero attached hydrogens (tertiary/aromatic N) is 2. The van der Waals surface area contributed by atoms with E-state index in [2.05, 4.69) is 10.3 Å². The van der Waals surface area contributed by atoms with Crippen LogP contribution in [0.25, 0.3) is 0 Å².